The van der Waals surface area contributed by atoms with Crippen LogP contribution < -0.4 is 0 Å². The number of hydrogen-bond acceptors (Lipinski definition) is 0. The summed E-state index contributed by atoms with van der Waals surface area (Å²) in [6.45, 7) is 7.20. The molecule has 0 aliphatic heterocycles. The third-order valence-electron chi connectivity index (χ3n) is 5.15. The molecule has 0 aromatic carbocycles. The summed E-state index contributed by atoms with van der Waals surface area (Å²) in [4.78, 5) is 0. The summed E-state index contributed by atoms with van der Waals surface area (Å²) < 4.78 is 0. The van der Waals surface area contributed by atoms with Gasteiger partial charge >= 0.3 is 0 Å². The van der Waals surface area contributed by atoms with Crippen LogP contribution in [0.3, 0.4) is 0 Å². The van der Waals surface area contributed by atoms with E-state index in [9.17, 15) is 0 Å². The maximum absolute atomic E-state index is 2.47. The van der Waals surface area contributed by atoms with E-state index in [1.807, 2.05) is 0 Å². The van der Waals surface area contributed by atoms with Gasteiger partial charge in [-0.1, -0.05) is 33.6 Å². The van der Waals surface area contributed by atoms with E-state index >= 15 is 0 Å². The maximum Gasteiger partial charge on any atom is -0.0380 e. The minimum absolute atomic E-state index is 1.02. The second kappa shape index (κ2) is 4.24. The quantitative estimate of drug-likeness (QED) is 0.618. The van der Waals surface area contributed by atoms with Crippen LogP contribution in [-0.2, 0) is 0 Å². The van der Waals surface area contributed by atoms with E-state index in [2.05, 4.69) is 20.8 Å². The molecule has 2 bridgehead atoms. The summed E-state index contributed by atoms with van der Waals surface area (Å²) in [6, 6.07) is 0. The topological polar surface area (TPSA) is 0 Å². The van der Waals surface area contributed by atoms with Crippen molar-refractivity contribution in [3.8, 4) is 0 Å². The summed E-state index contributed by atoms with van der Waals surface area (Å²) in [6.07, 6.45) is 9.05. The Hall–Kier alpha value is 0. The van der Waals surface area contributed by atoms with Gasteiger partial charge in [0.2, 0.25) is 0 Å². The first kappa shape index (κ1) is 10.5. The molecule has 82 valence electrons. The average Bonchev–Trinajstić information content (AvgIpc) is 2.72. The zero-order valence-corrected chi connectivity index (χ0v) is 10.1. The van der Waals surface area contributed by atoms with Crippen molar-refractivity contribution in [2.24, 2.45) is 29.6 Å². The zero-order chi connectivity index (χ0) is 10.1. The molecule has 14 heavy (non-hydrogen) atoms. The van der Waals surface area contributed by atoms with Crippen LogP contribution in [0.4, 0.5) is 0 Å². The fourth-order valence-corrected chi connectivity index (χ4v) is 4.02. The van der Waals surface area contributed by atoms with Crippen LogP contribution >= 0.6 is 0 Å². The van der Waals surface area contributed by atoms with Crippen LogP contribution in [0.1, 0.15) is 59.3 Å². The fourth-order valence-electron chi connectivity index (χ4n) is 4.02. The highest BCUT2D eigenvalue weighted by atomic mass is 14.5. The van der Waals surface area contributed by atoms with Crippen LogP contribution in [0.2, 0.25) is 0 Å². The van der Waals surface area contributed by atoms with Gasteiger partial charge in [-0.2, -0.15) is 0 Å². The first-order chi connectivity index (χ1) is 6.74. The van der Waals surface area contributed by atoms with E-state index < -0.39 is 0 Å². The van der Waals surface area contributed by atoms with Crippen molar-refractivity contribution < 1.29 is 0 Å². The predicted octanol–water partition coefficient (Wildman–Crippen LogP) is 4.49. The number of hydrogen-bond donors (Lipinski definition) is 0. The van der Waals surface area contributed by atoms with Gasteiger partial charge in [0.05, 0.1) is 0 Å². The van der Waals surface area contributed by atoms with Gasteiger partial charge in [0, 0.05) is 0 Å². The highest BCUT2D eigenvalue weighted by Crippen LogP contribution is 2.53. The van der Waals surface area contributed by atoms with Crippen molar-refractivity contribution >= 4 is 0 Å². The standard InChI is InChI=1S/C14H26/c1-4-11(5-2)7-14-9-12-8-13(14)6-10(12)3/h10-14H,4-9H2,1-3H3. The largest absolute Gasteiger partial charge is 0.0651 e. The molecule has 0 saturated heterocycles. The Morgan fingerprint density at radius 3 is 2.14 bits per heavy atom. The molecule has 0 radical (unpaired) electrons. The molecule has 0 aromatic rings. The average molecular weight is 194 g/mol. The molecule has 2 saturated carbocycles. The minimum atomic E-state index is 1.02. The third kappa shape index (κ3) is 1.85. The minimum Gasteiger partial charge on any atom is -0.0651 e. The van der Waals surface area contributed by atoms with E-state index in [4.69, 9.17) is 0 Å². The molecule has 2 rings (SSSR count). The van der Waals surface area contributed by atoms with Crippen LogP contribution in [0.25, 0.3) is 0 Å². The summed E-state index contributed by atoms with van der Waals surface area (Å²) in [7, 11) is 0. The van der Waals surface area contributed by atoms with E-state index in [1.165, 1.54) is 12.8 Å². The molecule has 0 aromatic heterocycles. The van der Waals surface area contributed by atoms with E-state index in [-0.39, 0.29) is 0 Å². The maximum atomic E-state index is 2.47. The second-order valence-corrected chi connectivity index (χ2v) is 5.88. The van der Waals surface area contributed by atoms with Gasteiger partial charge in [-0.25, -0.2) is 0 Å². The van der Waals surface area contributed by atoms with E-state index in [1.54, 1.807) is 25.7 Å². The van der Waals surface area contributed by atoms with Crippen molar-refractivity contribution in [3.63, 3.8) is 0 Å². The Bertz CT molecular complexity index is 178. The van der Waals surface area contributed by atoms with Crippen LogP contribution in [0.15, 0.2) is 0 Å². The molecule has 0 spiro atoms. The first-order valence-electron chi connectivity index (χ1n) is 6.74. The normalized spacial score (nSPS) is 41.1. The summed E-state index contributed by atoms with van der Waals surface area (Å²) >= 11 is 0. The van der Waals surface area contributed by atoms with Crippen molar-refractivity contribution in [1.29, 1.82) is 0 Å². The van der Waals surface area contributed by atoms with Crippen LogP contribution in [0.5, 0.6) is 0 Å². The Kier molecular flexibility index (Phi) is 3.19. The van der Waals surface area contributed by atoms with Gasteiger partial charge in [-0.05, 0) is 55.3 Å². The Morgan fingerprint density at radius 1 is 1.00 bits per heavy atom. The van der Waals surface area contributed by atoms with Crippen LogP contribution in [0, 0.1) is 29.6 Å². The molecular formula is C14H26. The lowest BCUT2D eigenvalue weighted by molar-refractivity contribution is 0.224. The van der Waals surface area contributed by atoms with Gasteiger partial charge < -0.3 is 0 Å². The highest BCUT2D eigenvalue weighted by Gasteiger charge is 2.43. The lowest BCUT2D eigenvalue weighted by Crippen LogP contribution is -2.18. The van der Waals surface area contributed by atoms with Crippen molar-refractivity contribution in [3.05, 3.63) is 0 Å². The molecule has 2 aliphatic carbocycles. The lowest BCUT2D eigenvalue weighted by Gasteiger charge is -2.28. The van der Waals surface area contributed by atoms with Gasteiger partial charge in [-0.15, -0.1) is 0 Å². The highest BCUT2D eigenvalue weighted by molar-refractivity contribution is 4.93. The zero-order valence-electron chi connectivity index (χ0n) is 10.1. The third-order valence-corrected chi connectivity index (χ3v) is 5.15. The summed E-state index contributed by atoms with van der Waals surface area (Å²) in [5.74, 6) is 5.42. The Balaban J connectivity index is 1.84. The molecule has 0 heteroatoms. The van der Waals surface area contributed by atoms with Gasteiger partial charge in [0.1, 0.15) is 0 Å². The molecule has 4 unspecified atom stereocenters. The van der Waals surface area contributed by atoms with Crippen molar-refractivity contribution in [2.75, 3.05) is 0 Å². The molecule has 0 nitrogen and oxygen atoms in total. The molecule has 0 heterocycles. The molecule has 2 fully saturated rings. The number of fused-ring (bicyclic) bond motifs is 2. The fraction of sp³-hybridized carbons (Fsp3) is 1.00. The molecular weight excluding hydrogens is 168 g/mol. The molecule has 0 N–H and O–H groups in total. The summed E-state index contributed by atoms with van der Waals surface area (Å²) in [5, 5.41) is 0. The Morgan fingerprint density at radius 2 is 1.71 bits per heavy atom. The first-order valence-corrected chi connectivity index (χ1v) is 6.74. The molecule has 4 atom stereocenters. The van der Waals surface area contributed by atoms with Gasteiger partial charge in [-0.3, -0.25) is 0 Å². The smallest absolute Gasteiger partial charge is 0.0380 e. The van der Waals surface area contributed by atoms with E-state index in [0.29, 0.717) is 0 Å². The number of rotatable bonds is 4. The van der Waals surface area contributed by atoms with Crippen molar-refractivity contribution in [2.45, 2.75) is 59.3 Å². The van der Waals surface area contributed by atoms with E-state index in [0.717, 1.165) is 29.6 Å². The summed E-state index contributed by atoms with van der Waals surface area (Å²) in [5.41, 5.74) is 0. The predicted molar refractivity (Wildman–Crippen MR) is 62.2 cm³/mol. The van der Waals surface area contributed by atoms with Crippen molar-refractivity contribution in [1.82, 2.24) is 0 Å². The Labute approximate surface area is 89.5 Å². The monoisotopic (exact) mass is 194 g/mol. The van der Waals surface area contributed by atoms with Gasteiger partial charge in [0.15, 0.2) is 0 Å². The van der Waals surface area contributed by atoms with Crippen LogP contribution in [-0.4, -0.2) is 0 Å². The SMILES string of the molecule is CCC(CC)CC1CC2CC1CC2C. The van der Waals surface area contributed by atoms with Gasteiger partial charge in [0.25, 0.3) is 0 Å². The molecule has 2 aliphatic rings. The lowest BCUT2D eigenvalue weighted by atomic mass is 9.77. The second-order valence-electron chi connectivity index (χ2n) is 5.88. The molecule has 0 amide bonds.